The molecule has 3 nitrogen and oxygen atoms in total. The van der Waals surface area contributed by atoms with E-state index >= 15 is 0 Å². The largest absolute Gasteiger partial charge is 0.475 e. The Morgan fingerprint density at radius 2 is 2.45 bits per heavy atom. The highest BCUT2D eigenvalue weighted by Gasteiger charge is 2.12. The molecule has 0 atom stereocenters. The predicted molar refractivity (Wildman–Crippen MR) is 43.0 cm³/mol. The molecule has 0 bridgehead atoms. The van der Waals surface area contributed by atoms with Crippen LogP contribution in [0.4, 0.5) is 0 Å². The second-order valence-electron chi connectivity index (χ2n) is 2.35. The van der Waals surface area contributed by atoms with Gasteiger partial charge in [0, 0.05) is 5.75 Å². The molecule has 58 valence electrons. The van der Waals surface area contributed by atoms with E-state index in [1.165, 1.54) is 0 Å². The molecule has 1 aromatic heterocycles. The molecule has 1 aliphatic rings. The lowest BCUT2D eigenvalue weighted by molar-refractivity contribution is 0.310. The topological polar surface area (TPSA) is 35.0 Å². The second kappa shape index (κ2) is 2.70. The maximum atomic E-state index is 5.28. The number of aromatic nitrogens is 2. The van der Waals surface area contributed by atoms with E-state index in [1.54, 1.807) is 11.8 Å². The van der Waals surface area contributed by atoms with E-state index in [-0.39, 0.29) is 0 Å². The minimum Gasteiger partial charge on any atom is -0.475 e. The lowest BCUT2D eigenvalue weighted by Crippen LogP contribution is -2.09. The van der Waals surface area contributed by atoms with Crippen molar-refractivity contribution in [1.29, 1.82) is 0 Å². The van der Waals surface area contributed by atoms with Crippen LogP contribution in [0.15, 0.2) is 11.0 Å². The number of ether oxygens (including phenoxy) is 1. The van der Waals surface area contributed by atoms with E-state index in [0.29, 0.717) is 5.88 Å². The van der Waals surface area contributed by atoms with Crippen LogP contribution < -0.4 is 4.74 Å². The summed E-state index contributed by atoms with van der Waals surface area (Å²) in [6, 6.07) is 2.01. The summed E-state index contributed by atoms with van der Waals surface area (Å²) < 4.78 is 5.28. The molecule has 0 aliphatic carbocycles. The molecule has 0 saturated heterocycles. The van der Waals surface area contributed by atoms with Gasteiger partial charge >= 0.3 is 0 Å². The molecule has 0 unspecified atom stereocenters. The van der Waals surface area contributed by atoms with Gasteiger partial charge in [-0.2, -0.15) is 5.10 Å². The molecule has 0 aromatic carbocycles. The second-order valence-corrected chi connectivity index (χ2v) is 3.49. The van der Waals surface area contributed by atoms with Crippen LogP contribution in [0.1, 0.15) is 5.69 Å². The van der Waals surface area contributed by atoms with Crippen molar-refractivity contribution in [3.05, 3.63) is 11.8 Å². The lowest BCUT2D eigenvalue weighted by atomic mass is 10.4. The Morgan fingerprint density at radius 3 is 3.36 bits per heavy atom. The molecule has 4 heteroatoms. The average molecular weight is 168 g/mol. The highest BCUT2D eigenvalue weighted by atomic mass is 32.2. The Labute approximate surface area is 69.2 Å². The summed E-state index contributed by atoms with van der Waals surface area (Å²) in [4.78, 5) is 1.11. The maximum Gasteiger partial charge on any atom is 0.247 e. The van der Waals surface area contributed by atoms with Gasteiger partial charge in [-0.3, -0.25) is 0 Å². The summed E-state index contributed by atoms with van der Waals surface area (Å²) in [6.07, 6.45) is 0. The molecule has 2 rings (SSSR count). The molecular formula is C7H8N2OS. The molecule has 0 N–H and O–H groups in total. The first-order chi connectivity index (χ1) is 5.36. The van der Waals surface area contributed by atoms with Gasteiger partial charge < -0.3 is 4.74 Å². The van der Waals surface area contributed by atoms with Gasteiger partial charge in [0.25, 0.3) is 0 Å². The molecule has 0 saturated carbocycles. The molecular weight excluding hydrogens is 160 g/mol. The first-order valence-corrected chi connectivity index (χ1v) is 4.45. The van der Waals surface area contributed by atoms with Crippen LogP contribution in [0.5, 0.6) is 5.88 Å². The Kier molecular flexibility index (Phi) is 1.69. The van der Waals surface area contributed by atoms with Crippen LogP contribution >= 0.6 is 11.8 Å². The summed E-state index contributed by atoms with van der Waals surface area (Å²) in [6.45, 7) is 2.68. The molecule has 0 fully saturated rings. The monoisotopic (exact) mass is 168 g/mol. The number of hydrogen-bond donors (Lipinski definition) is 0. The Morgan fingerprint density at radius 1 is 1.55 bits per heavy atom. The molecule has 1 aliphatic heterocycles. The molecule has 0 amide bonds. The Bertz CT molecular complexity index is 277. The molecule has 1 aromatic rings. The fourth-order valence-corrected chi connectivity index (χ4v) is 1.81. The number of thioether (sulfide) groups is 1. The van der Waals surface area contributed by atoms with Crippen molar-refractivity contribution >= 4 is 11.8 Å². The molecule has 2 heterocycles. The van der Waals surface area contributed by atoms with Gasteiger partial charge in [0.1, 0.15) is 0 Å². The van der Waals surface area contributed by atoms with E-state index in [0.717, 1.165) is 22.9 Å². The van der Waals surface area contributed by atoms with Gasteiger partial charge in [-0.15, -0.1) is 16.9 Å². The Hall–Kier alpha value is -0.770. The lowest BCUT2D eigenvalue weighted by Gasteiger charge is -2.13. The van der Waals surface area contributed by atoms with Gasteiger partial charge in [0.2, 0.25) is 5.88 Å². The molecule has 0 radical (unpaired) electrons. The molecule has 11 heavy (non-hydrogen) atoms. The molecule has 0 spiro atoms. The van der Waals surface area contributed by atoms with Crippen molar-refractivity contribution in [3.8, 4) is 5.88 Å². The average Bonchev–Trinajstić information content (AvgIpc) is 2.04. The fourth-order valence-electron chi connectivity index (χ4n) is 0.947. The van der Waals surface area contributed by atoms with Crippen LogP contribution in [0.3, 0.4) is 0 Å². The van der Waals surface area contributed by atoms with Gasteiger partial charge in [-0.05, 0) is 13.0 Å². The van der Waals surface area contributed by atoms with Crippen molar-refractivity contribution in [2.75, 3.05) is 12.4 Å². The quantitative estimate of drug-likeness (QED) is 0.584. The van der Waals surface area contributed by atoms with Gasteiger partial charge in [0.15, 0.2) is 0 Å². The highest BCUT2D eigenvalue weighted by molar-refractivity contribution is 7.99. The smallest absolute Gasteiger partial charge is 0.247 e. The van der Waals surface area contributed by atoms with Crippen LogP contribution in [0.25, 0.3) is 0 Å². The number of aryl methyl sites for hydroxylation is 1. The summed E-state index contributed by atoms with van der Waals surface area (Å²) in [5.41, 5.74) is 0.946. The summed E-state index contributed by atoms with van der Waals surface area (Å²) in [5.74, 6) is 1.70. The van der Waals surface area contributed by atoms with E-state index in [4.69, 9.17) is 4.74 Å². The van der Waals surface area contributed by atoms with Crippen molar-refractivity contribution in [2.45, 2.75) is 11.8 Å². The first-order valence-electron chi connectivity index (χ1n) is 3.46. The van der Waals surface area contributed by atoms with Gasteiger partial charge in [-0.1, -0.05) is 0 Å². The van der Waals surface area contributed by atoms with Crippen molar-refractivity contribution in [3.63, 3.8) is 0 Å². The first kappa shape index (κ1) is 6.91. The zero-order chi connectivity index (χ0) is 7.68. The summed E-state index contributed by atoms with van der Waals surface area (Å²) in [5, 5.41) is 7.83. The van der Waals surface area contributed by atoms with Crippen molar-refractivity contribution in [1.82, 2.24) is 10.2 Å². The predicted octanol–water partition coefficient (Wildman–Crippen LogP) is 1.27. The Balaban J connectivity index is 2.43. The minimum atomic E-state index is 0.687. The maximum absolute atomic E-state index is 5.28. The SMILES string of the molecule is Cc1cc2c(nn1)OCCS2. The van der Waals surface area contributed by atoms with Crippen LogP contribution in [-0.4, -0.2) is 22.6 Å². The van der Waals surface area contributed by atoms with E-state index in [9.17, 15) is 0 Å². The van der Waals surface area contributed by atoms with E-state index in [2.05, 4.69) is 10.2 Å². The number of rotatable bonds is 0. The van der Waals surface area contributed by atoms with E-state index < -0.39 is 0 Å². The third-order valence-electron chi connectivity index (χ3n) is 1.43. The van der Waals surface area contributed by atoms with Gasteiger partial charge in [-0.25, -0.2) is 0 Å². The zero-order valence-corrected chi connectivity index (χ0v) is 7.02. The number of nitrogens with zero attached hydrogens (tertiary/aromatic N) is 2. The van der Waals surface area contributed by atoms with Crippen molar-refractivity contribution < 1.29 is 4.74 Å². The summed E-state index contributed by atoms with van der Waals surface area (Å²) >= 11 is 1.78. The minimum absolute atomic E-state index is 0.687. The zero-order valence-electron chi connectivity index (χ0n) is 6.20. The van der Waals surface area contributed by atoms with E-state index in [1.807, 2.05) is 13.0 Å². The number of hydrogen-bond acceptors (Lipinski definition) is 4. The fraction of sp³-hybridized carbons (Fsp3) is 0.429. The standard InChI is InChI=1S/C7H8N2OS/c1-5-4-6-7(9-8-5)10-2-3-11-6/h4H,2-3H2,1H3. The number of fused-ring (bicyclic) bond motifs is 1. The van der Waals surface area contributed by atoms with Crippen LogP contribution in [-0.2, 0) is 0 Å². The summed E-state index contributed by atoms with van der Waals surface area (Å²) in [7, 11) is 0. The normalized spacial score (nSPS) is 15.4. The third kappa shape index (κ3) is 1.30. The van der Waals surface area contributed by atoms with Crippen LogP contribution in [0, 0.1) is 6.92 Å². The highest BCUT2D eigenvalue weighted by Crippen LogP contribution is 2.30. The van der Waals surface area contributed by atoms with Gasteiger partial charge in [0.05, 0.1) is 17.2 Å². The third-order valence-corrected chi connectivity index (χ3v) is 2.40. The van der Waals surface area contributed by atoms with Crippen LogP contribution in [0.2, 0.25) is 0 Å². The van der Waals surface area contributed by atoms with Crippen molar-refractivity contribution in [2.24, 2.45) is 0 Å².